The van der Waals surface area contributed by atoms with Crippen LogP contribution in [-0.2, 0) is 13.5 Å². The van der Waals surface area contributed by atoms with Gasteiger partial charge in [0.2, 0.25) is 0 Å². The molecule has 96 valence electrons. The lowest BCUT2D eigenvalue weighted by Crippen LogP contribution is -2.11. The Bertz CT molecular complexity index is 548. The van der Waals surface area contributed by atoms with Gasteiger partial charge in [-0.3, -0.25) is 4.68 Å². The molecule has 0 aliphatic heterocycles. The molecule has 0 spiro atoms. The fraction of sp³-hybridized carbons (Fsp3) is 0.417. The molecule has 2 aromatic rings. The zero-order chi connectivity index (χ0) is 13.3. The van der Waals surface area contributed by atoms with E-state index >= 15 is 0 Å². The van der Waals surface area contributed by atoms with Crippen molar-refractivity contribution in [2.75, 3.05) is 0 Å². The second kappa shape index (κ2) is 5.16. The van der Waals surface area contributed by atoms with Crippen LogP contribution in [0.1, 0.15) is 35.7 Å². The summed E-state index contributed by atoms with van der Waals surface area (Å²) < 4.78 is 2.44. The number of nitrogens with zero attached hydrogens (tertiary/aromatic N) is 4. The fourth-order valence-corrected chi connectivity index (χ4v) is 2.49. The highest BCUT2D eigenvalue weighted by atomic mass is 79.9. The number of aromatic nitrogens is 4. The Morgan fingerprint density at radius 3 is 2.72 bits per heavy atom. The summed E-state index contributed by atoms with van der Waals surface area (Å²) in [5.41, 5.74) is 3.10. The molecule has 5 nitrogen and oxygen atoms in total. The first-order valence-electron chi connectivity index (χ1n) is 5.73. The molecule has 0 aliphatic rings. The van der Waals surface area contributed by atoms with Gasteiger partial charge < -0.3 is 5.11 Å². The minimum absolute atomic E-state index is 0.720. The van der Waals surface area contributed by atoms with Crippen LogP contribution in [0.15, 0.2) is 16.7 Å². The molecule has 0 radical (unpaired) electrons. The SMILES string of the molecule is CCc1nnc(C)cc1C(O)c1c(Br)cnn1C. The van der Waals surface area contributed by atoms with Crippen molar-refractivity contribution in [3.63, 3.8) is 0 Å². The van der Waals surface area contributed by atoms with E-state index in [4.69, 9.17) is 0 Å². The molecular formula is C12H15BrN4O. The highest BCUT2D eigenvalue weighted by Gasteiger charge is 2.21. The Balaban J connectivity index is 2.51. The van der Waals surface area contributed by atoms with E-state index in [1.165, 1.54) is 0 Å². The monoisotopic (exact) mass is 310 g/mol. The molecule has 1 unspecified atom stereocenters. The van der Waals surface area contributed by atoms with Crippen LogP contribution in [0.5, 0.6) is 0 Å². The van der Waals surface area contributed by atoms with Crippen LogP contribution in [0.2, 0.25) is 0 Å². The lowest BCUT2D eigenvalue weighted by Gasteiger charge is -2.15. The molecule has 1 N–H and O–H groups in total. The maximum atomic E-state index is 10.5. The maximum absolute atomic E-state index is 10.5. The number of hydrogen-bond acceptors (Lipinski definition) is 4. The van der Waals surface area contributed by atoms with Crippen molar-refractivity contribution >= 4 is 15.9 Å². The third-order valence-electron chi connectivity index (χ3n) is 2.85. The van der Waals surface area contributed by atoms with Crippen molar-refractivity contribution in [1.82, 2.24) is 20.0 Å². The number of rotatable bonds is 3. The predicted molar refractivity (Wildman–Crippen MR) is 71.1 cm³/mol. The molecule has 0 aromatic carbocycles. The molecule has 6 heteroatoms. The van der Waals surface area contributed by atoms with Crippen LogP contribution in [0.3, 0.4) is 0 Å². The molecule has 0 bridgehead atoms. The fourth-order valence-electron chi connectivity index (χ4n) is 1.92. The lowest BCUT2D eigenvalue weighted by atomic mass is 10.0. The number of halogens is 1. The van der Waals surface area contributed by atoms with Gasteiger partial charge in [0.15, 0.2) is 0 Å². The molecule has 0 saturated heterocycles. The molecular weight excluding hydrogens is 296 g/mol. The van der Waals surface area contributed by atoms with Gasteiger partial charge in [0, 0.05) is 12.6 Å². The van der Waals surface area contributed by atoms with Crippen molar-refractivity contribution in [2.24, 2.45) is 7.05 Å². The van der Waals surface area contributed by atoms with Gasteiger partial charge in [0.25, 0.3) is 0 Å². The largest absolute Gasteiger partial charge is 0.382 e. The summed E-state index contributed by atoms with van der Waals surface area (Å²) in [6.07, 6.45) is 1.65. The van der Waals surface area contributed by atoms with Gasteiger partial charge >= 0.3 is 0 Å². The van der Waals surface area contributed by atoms with Crippen molar-refractivity contribution in [3.8, 4) is 0 Å². The Kier molecular flexibility index (Phi) is 3.77. The van der Waals surface area contributed by atoms with Crippen LogP contribution >= 0.6 is 15.9 Å². The topological polar surface area (TPSA) is 63.8 Å². The molecule has 2 rings (SSSR count). The van der Waals surface area contributed by atoms with Crippen LogP contribution < -0.4 is 0 Å². The van der Waals surface area contributed by atoms with Gasteiger partial charge in [0.1, 0.15) is 6.10 Å². The number of aliphatic hydroxyl groups is 1. The molecule has 2 aromatic heterocycles. The summed E-state index contributed by atoms with van der Waals surface area (Å²) in [6.45, 7) is 3.86. The van der Waals surface area contributed by atoms with Gasteiger partial charge in [-0.2, -0.15) is 15.3 Å². The third-order valence-corrected chi connectivity index (χ3v) is 3.46. The predicted octanol–water partition coefficient (Wildman–Crippen LogP) is 1.93. The van der Waals surface area contributed by atoms with E-state index in [-0.39, 0.29) is 0 Å². The Morgan fingerprint density at radius 2 is 2.17 bits per heavy atom. The highest BCUT2D eigenvalue weighted by Crippen LogP contribution is 2.29. The van der Waals surface area contributed by atoms with E-state index in [1.807, 2.05) is 19.9 Å². The average Bonchev–Trinajstić information content (AvgIpc) is 2.68. The smallest absolute Gasteiger partial charge is 0.124 e. The van der Waals surface area contributed by atoms with Gasteiger partial charge in [-0.25, -0.2) is 0 Å². The Hall–Kier alpha value is -1.27. The number of hydrogen-bond donors (Lipinski definition) is 1. The first-order valence-corrected chi connectivity index (χ1v) is 6.52. The van der Waals surface area contributed by atoms with Crippen molar-refractivity contribution < 1.29 is 5.11 Å². The molecule has 0 saturated carbocycles. The molecule has 18 heavy (non-hydrogen) atoms. The van der Waals surface area contributed by atoms with Crippen molar-refractivity contribution in [2.45, 2.75) is 26.4 Å². The molecule has 2 heterocycles. The van der Waals surface area contributed by atoms with E-state index in [2.05, 4.69) is 31.2 Å². The standard InChI is InChI=1S/C12H15BrN4O/c1-4-10-8(5-7(2)15-16-10)12(18)11-9(13)6-14-17(11)3/h5-6,12,18H,4H2,1-3H3. The van der Waals surface area contributed by atoms with E-state index in [1.54, 1.807) is 17.9 Å². The zero-order valence-corrected chi connectivity index (χ0v) is 12.1. The minimum Gasteiger partial charge on any atom is -0.382 e. The summed E-state index contributed by atoms with van der Waals surface area (Å²) in [4.78, 5) is 0. The van der Waals surface area contributed by atoms with Gasteiger partial charge in [-0.05, 0) is 35.3 Å². The minimum atomic E-state index is -0.754. The van der Waals surface area contributed by atoms with E-state index in [0.717, 1.165) is 33.5 Å². The average molecular weight is 311 g/mol. The van der Waals surface area contributed by atoms with Crippen LogP contribution in [0.4, 0.5) is 0 Å². The normalized spacial score (nSPS) is 12.7. The second-order valence-corrected chi connectivity index (χ2v) is 5.00. The molecule has 0 amide bonds. The first kappa shape index (κ1) is 13.2. The van der Waals surface area contributed by atoms with E-state index in [0.29, 0.717) is 0 Å². The van der Waals surface area contributed by atoms with Gasteiger partial charge in [0.05, 0.1) is 27.8 Å². The summed E-state index contributed by atoms with van der Waals surface area (Å²) in [6, 6.07) is 1.87. The quantitative estimate of drug-likeness (QED) is 0.941. The lowest BCUT2D eigenvalue weighted by molar-refractivity contribution is 0.207. The van der Waals surface area contributed by atoms with E-state index in [9.17, 15) is 5.11 Å². The highest BCUT2D eigenvalue weighted by molar-refractivity contribution is 9.10. The van der Waals surface area contributed by atoms with E-state index < -0.39 is 6.10 Å². The first-order chi connectivity index (χ1) is 8.54. The van der Waals surface area contributed by atoms with Gasteiger partial charge in [-0.1, -0.05) is 6.92 Å². The van der Waals surface area contributed by atoms with Crippen LogP contribution in [0.25, 0.3) is 0 Å². The summed E-state index contributed by atoms with van der Waals surface area (Å²) in [7, 11) is 1.80. The van der Waals surface area contributed by atoms with Crippen LogP contribution in [-0.4, -0.2) is 25.1 Å². The van der Waals surface area contributed by atoms with Crippen molar-refractivity contribution in [3.05, 3.63) is 39.4 Å². The Labute approximate surface area is 114 Å². The van der Waals surface area contributed by atoms with Crippen molar-refractivity contribution in [1.29, 1.82) is 0 Å². The molecule has 0 aliphatic carbocycles. The molecule has 1 atom stereocenters. The van der Waals surface area contributed by atoms with Crippen LogP contribution in [0, 0.1) is 6.92 Å². The number of aliphatic hydroxyl groups excluding tert-OH is 1. The molecule has 0 fully saturated rings. The summed E-state index contributed by atoms with van der Waals surface area (Å²) >= 11 is 3.40. The summed E-state index contributed by atoms with van der Waals surface area (Å²) in [5.74, 6) is 0. The zero-order valence-electron chi connectivity index (χ0n) is 10.6. The number of aryl methyl sites for hydroxylation is 3. The maximum Gasteiger partial charge on any atom is 0.124 e. The summed E-state index contributed by atoms with van der Waals surface area (Å²) in [5, 5.41) is 22.8. The second-order valence-electron chi connectivity index (χ2n) is 4.15. The van der Waals surface area contributed by atoms with Gasteiger partial charge in [-0.15, -0.1) is 0 Å². The third kappa shape index (κ3) is 2.30. The Morgan fingerprint density at radius 1 is 1.44 bits per heavy atom.